The number of hydrogen-bond acceptors (Lipinski definition) is 3. The van der Waals surface area contributed by atoms with Crippen molar-refractivity contribution in [2.24, 2.45) is 0 Å². The zero-order valence-corrected chi connectivity index (χ0v) is 8.80. The highest BCUT2D eigenvalue weighted by molar-refractivity contribution is 5.32. The Balaban J connectivity index is 2.88. The fourth-order valence-electron chi connectivity index (χ4n) is 1.19. The van der Waals surface area contributed by atoms with Crippen LogP contribution in [0.2, 0.25) is 0 Å². The lowest BCUT2D eigenvalue weighted by Gasteiger charge is -2.08. The van der Waals surface area contributed by atoms with Gasteiger partial charge in [0, 0.05) is 19.6 Å². The third kappa shape index (κ3) is 3.17. The fraction of sp³-hybridized carbons (Fsp3) is 0.364. The molecule has 0 amide bonds. The molecule has 0 spiro atoms. The van der Waals surface area contributed by atoms with E-state index in [-0.39, 0.29) is 30.9 Å². The van der Waals surface area contributed by atoms with E-state index < -0.39 is 11.6 Å². The van der Waals surface area contributed by atoms with E-state index in [0.29, 0.717) is 0 Å². The Kier molecular flexibility index (Phi) is 4.67. The van der Waals surface area contributed by atoms with Crippen LogP contribution in [0.5, 0.6) is 5.75 Å². The fourth-order valence-corrected chi connectivity index (χ4v) is 1.19. The quantitative estimate of drug-likeness (QED) is 0.725. The van der Waals surface area contributed by atoms with Gasteiger partial charge in [0.05, 0.1) is 6.07 Å². The second kappa shape index (κ2) is 6.03. The molecule has 0 atom stereocenters. The number of benzene rings is 1. The highest BCUT2D eigenvalue weighted by Crippen LogP contribution is 2.22. The Morgan fingerprint density at radius 3 is 2.69 bits per heavy atom. The van der Waals surface area contributed by atoms with Gasteiger partial charge in [0.25, 0.3) is 0 Å². The molecule has 1 rings (SSSR count). The standard InChI is InChI=1S/C11H11F2NO2/c1-15-7-16-11-5-8(3-2-4-14)9(12)6-10(11)13/h5-6H,2-3,7H2,1H3. The molecule has 0 unspecified atom stereocenters. The van der Waals surface area contributed by atoms with Crippen molar-refractivity contribution in [1.82, 2.24) is 0 Å². The molecule has 0 N–H and O–H groups in total. The predicted octanol–water partition coefficient (Wildman–Crippen LogP) is 2.40. The first-order valence-corrected chi connectivity index (χ1v) is 4.65. The van der Waals surface area contributed by atoms with Gasteiger partial charge in [-0.3, -0.25) is 0 Å². The highest BCUT2D eigenvalue weighted by Gasteiger charge is 2.10. The summed E-state index contributed by atoms with van der Waals surface area (Å²) >= 11 is 0. The molecule has 0 radical (unpaired) electrons. The minimum absolute atomic E-state index is 0.0730. The van der Waals surface area contributed by atoms with Crippen molar-refractivity contribution in [3.8, 4) is 11.8 Å². The van der Waals surface area contributed by atoms with Gasteiger partial charge in [0.2, 0.25) is 0 Å². The molecular weight excluding hydrogens is 216 g/mol. The van der Waals surface area contributed by atoms with Crippen molar-refractivity contribution in [1.29, 1.82) is 5.26 Å². The number of rotatable bonds is 5. The maximum atomic E-state index is 13.2. The number of methoxy groups -OCH3 is 1. The first-order valence-electron chi connectivity index (χ1n) is 4.65. The van der Waals surface area contributed by atoms with Crippen LogP contribution in [0.4, 0.5) is 8.78 Å². The van der Waals surface area contributed by atoms with E-state index in [1.54, 1.807) is 0 Å². The van der Waals surface area contributed by atoms with Crippen molar-refractivity contribution < 1.29 is 18.3 Å². The lowest BCUT2D eigenvalue weighted by atomic mass is 10.1. The van der Waals surface area contributed by atoms with Crippen LogP contribution in [-0.2, 0) is 11.2 Å². The summed E-state index contributed by atoms with van der Waals surface area (Å²) in [5, 5.41) is 8.39. The van der Waals surface area contributed by atoms with E-state index in [2.05, 4.69) is 4.74 Å². The average Bonchev–Trinajstić information content (AvgIpc) is 2.26. The Morgan fingerprint density at radius 2 is 2.06 bits per heavy atom. The molecule has 0 saturated heterocycles. The van der Waals surface area contributed by atoms with Gasteiger partial charge >= 0.3 is 0 Å². The van der Waals surface area contributed by atoms with Crippen molar-refractivity contribution in [2.75, 3.05) is 13.9 Å². The molecule has 0 saturated carbocycles. The van der Waals surface area contributed by atoms with Crippen LogP contribution in [0.15, 0.2) is 12.1 Å². The van der Waals surface area contributed by atoms with Gasteiger partial charge in [-0.2, -0.15) is 5.26 Å². The molecule has 0 aromatic heterocycles. The van der Waals surface area contributed by atoms with Gasteiger partial charge in [-0.05, 0) is 18.1 Å². The number of nitrogens with zero attached hydrogens (tertiary/aromatic N) is 1. The minimum Gasteiger partial charge on any atom is -0.464 e. The summed E-state index contributed by atoms with van der Waals surface area (Å²) in [4.78, 5) is 0. The average molecular weight is 227 g/mol. The van der Waals surface area contributed by atoms with Gasteiger partial charge in [0.15, 0.2) is 18.4 Å². The van der Waals surface area contributed by atoms with E-state index in [4.69, 9.17) is 10.00 Å². The molecule has 1 aromatic carbocycles. The smallest absolute Gasteiger partial charge is 0.188 e. The van der Waals surface area contributed by atoms with Crippen molar-refractivity contribution in [3.05, 3.63) is 29.3 Å². The molecule has 5 heteroatoms. The Hall–Kier alpha value is -1.67. The molecule has 0 bridgehead atoms. The topological polar surface area (TPSA) is 42.2 Å². The van der Waals surface area contributed by atoms with E-state index in [1.807, 2.05) is 6.07 Å². The van der Waals surface area contributed by atoms with Gasteiger partial charge in [0.1, 0.15) is 5.82 Å². The van der Waals surface area contributed by atoms with Crippen molar-refractivity contribution >= 4 is 0 Å². The van der Waals surface area contributed by atoms with Crippen LogP contribution in [0.1, 0.15) is 12.0 Å². The van der Waals surface area contributed by atoms with E-state index >= 15 is 0 Å². The molecule has 0 aliphatic rings. The van der Waals surface area contributed by atoms with Crippen LogP contribution in [-0.4, -0.2) is 13.9 Å². The van der Waals surface area contributed by atoms with Gasteiger partial charge in [-0.1, -0.05) is 0 Å². The van der Waals surface area contributed by atoms with E-state index in [0.717, 1.165) is 6.07 Å². The third-order valence-corrected chi connectivity index (χ3v) is 1.94. The Labute approximate surface area is 92.2 Å². The van der Waals surface area contributed by atoms with Crippen LogP contribution in [0, 0.1) is 23.0 Å². The molecule has 16 heavy (non-hydrogen) atoms. The predicted molar refractivity (Wildman–Crippen MR) is 52.8 cm³/mol. The lowest BCUT2D eigenvalue weighted by molar-refractivity contribution is 0.0481. The van der Waals surface area contributed by atoms with Crippen LogP contribution >= 0.6 is 0 Å². The number of aryl methyl sites for hydroxylation is 1. The van der Waals surface area contributed by atoms with Gasteiger partial charge in [-0.25, -0.2) is 8.78 Å². The summed E-state index contributed by atoms with van der Waals surface area (Å²) in [5.41, 5.74) is 0.258. The lowest BCUT2D eigenvalue weighted by Crippen LogP contribution is -2.03. The summed E-state index contributed by atoms with van der Waals surface area (Å²) in [5.74, 6) is -1.52. The van der Waals surface area contributed by atoms with Crippen molar-refractivity contribution in [2.45, 2.75) is 12.8 Å². The first kappa shape index (κ1) is 12.4. The number of hydrogen-bond donors (Lipinski definition) is 0. The zero-order chi connectivity index (χ0) is 12.0. The van der Waals surface area contributed by atoms with Crippen LogP contribution < -0.4 is 4.74 Å². The molecule has 0 aliphatic heterocycles. The Morgan fingerprint density at radius 1 is 1.31 bits per heavy atom. The van der Waals surface area contributed by atoms with E-state index in [9.17, 15) is 8.78 Å². The molecule has 0 heterocycles. The van der Waals surface area contributed by atoms with Crippen LogP contribution in [0.25, 0.3) is 0 Å². The Bertz CT molecular complexity index is 402. The molecule has 86 valence electrons. The number of halogens is 2. The monoisotopic (exact) mass is 227 g/mol. The number of ether oxygens (including phenoxy) is 2. The summed E-state index contributed by atoms with van der Waals surface area (Å²) in [6.07, 6.45) is 0.401. The minimum atomic E-state index is -0.782. The van der Waals surface area contributed by atoms with Gasteiger partial charge < -0.3 is 9.47 Å². The maximum absolute atomic E-state index is 13.2. The summed E-state index contributed by atoms with van der Waals surface area (Å²) in [6.45, 7) is -0.111. The van der Waals surface area contributed by atoms with E-state index in [1.165, 1.54) is 13.2 Å². The molecule has 0 aliphatic carbocycles. The van der Waals surface area contributed by atoms with Gasteiger partial charge in [-0.15, -0.1) is 0 Å². The largest absolute Gasteiger partial charge is 0.464 e. The molecular formula is C11H11F2NO2. The summed E-state index contributed by atoms with van der Waals surface area (Å²) in [6, 6.07) is 3.89. The molecule has 0 fully saturated rings. The second-order valence-electron chi connectivity index (χ2n) is 3.08. The maximum Gasteiger partial charge on any atom is 0.188 e. The highest BCUT2D eigenvalue weighted by atomic mass is 19.1. The SMILES string of the molecule is COCOc1cc(CCC#N)c(F)cc1F. The summed E-state index contributed by atoms with van der Waals surface area (Å²) < 4.78 is 36.0. The summed E-state index contributed by atoms with van der Waals surface area (Å²) in [7, 11) is 1.40. The third-order valence-electron chi connectivity index (χ3n) is 1.94. The normalized spacial score (nSPS) is 9.88. The molecule has 3 nitrogen and oxygen atoms in total. The van der Waals surface area contributed by atoms with Crippen LogP contribution in [0.3, 0.4) is 0 Å². The first-order chi connectivity index (χ1) is 7.69. The van der Waals surface area contributed by atoms with Crippen molar-refractivity contribution in [3.63, 3.8) is 0 Å². The zero-order valence-electron chi connectivity index (χ0n) is 8.80. The molecule has 1 aromatic rings. The second-order valence-corrected chi connectivity index (χ2v) is 3.08. The number of nitriles is 1.